The molecule has 0 aliphatic carbocycles. The number of hydrogen-bond donors (Lipinski definition) is 2. The summed E-state index contributed by atoms with van der Waals surface area (Å²) in [7, 11) is 1.55. The van der Waals surface area contributed by atoms with Crippen LogP contribution in [0.5, 0.6) is 0 Å². The lowest BCUT2D eigenvalue weighted by Gasteiger charge is -2.12. The standard InChI is InChI=1S/C13H19NO3/c1-10-4-3-5-11(8-10)12(15)9-14-13(16)6-7-17-2/h3-5,8,12,15H,6-7,9H2,1-2H3,(H,14,16). The third-order valence-corrected chi connectivity index (χ3v) is 2.45. The Morgan fingerprint density at radius 3 is 2.94 bits per heavy atom. The molecule has 1 atom stereocenters. The van der Waals surface area contributed by atoms with Crippen molar-refractivity contribution in [1.82, 2.24) is 5.32 Å². The van der Waals surface area contributed by atoms with Crippen molar-refractivity contribution in [3.05, 3.63) is 35.4 Å². The Morgan fingerprint density at radius 1 is 1.53 bits per heavy atom. The molecule has 0 aliphatic rings. The van der Waals surface area contributed by atoms with Crippen LogP contribution in [0.25, 0.3) is 0 Å². The molecule has 1 rings (SSSR count). The SMILES string of the molecule is COCCC(=O)NCC(O)c1cccc(C)c1. The third kappa shape index (κ3) is 4.97. The van der Waals surface area contributed by atoms with Crippen LogP contribution in [-0.4, -0.2) is 31.3 Å². The number of hydrogen-bond acceptors (Lipinski definition) is 3. The molecule has 0 aromatic heterocycles. The Bertz CT molecular complexity index is 365. The van der Waals surface area contributed by atoms with Gasteiger partial charge in [0.1, 0.15) is 0 Å². The number of carbonyl (C=O) groups is 1. The lowest BCUT2D eigenvalue weighted by atomic mass is 10.1. The highest BCUT2D eigenvalue weighted by atomic mass is 16.5. The molecule has 4 nitrogen and oxygen atoms in total. The van der Waals surface area contributed by atoms with Crippen molar-refractivity contribution in [2.24, 2.45) is 0 Å². The van der Waals surface area contributed by atoms with Crippen molar-refractivity contribution in [2.75, 3.05) is 20.3 Å². The number of rotatable bonds is 6. The van der Waals surface area contributed by atoms with E-state index < -0.39 is 6.10 Å². The van der Waals surface area contributed by atoms with Crippen molar-refractivity contribution in [3.63, 3.8) is 0 Å². The summed E-state index contributed by atoms with van der Waals surface area (Å²) < 4.78 is 4.80. The van der Waals surface area contributed by atoms with Gasteiger partial charge in [-0.3, -0.25) is 4.79 Å². The fourth-order valence-corrected chi connectivity index (χ4v) is 1.49. The van der Waals surface area contributed by atoms with Crippen LogP contribution in [0.3, 0.4) is 0 Å². The second-order valence-corrected chi connectivity index (χ2v) is 3.98. The van der Waals surface area contributed by atoms with Gasteiger partial charge in [-0.2, -0.15) is 0 Å². The highest BCUT2D eigenvalue weighted by Gasteiger charge is 2.09. The first-order chi connectivity index (χ1) is 8.13. The summed E-state index contributed by atoms with van der Waals surface area (Å²) in [6, 6.07) is 7.61. The maximum Gasteiger partial charge on any atom is 0.222 e. The maximum atomic E-state index is 11.3. The number of aliphatic hydroxyl groups is 1. The molecule has 17 heavy (non-hydrogen) atoms. The minimum Gasteiger partial charge on any atom is -0.387 e. The molecule has 0 heterocycles. The van der Waals surface area contributed by atoms with Gasteiger partial charge < -0.3 is 15.2 Å². The molecule has 94 valence electrons. The predicted molar refractivity (Wildman–Crippen MR) is 65.6 cm³/mol. The summed E-state index contributed by atoms with van der Waals surface area (Å²) in [5.74, 6) is -0.112. The van der Waals surface area contributed by atoms with Gasteiger partial charge in [-0.1, -0.05) is 29.8 Å². The van der Waals surface area contributed by atoms with Gasteiger partial charge in [0.2, 0.25) is 5.91 Å². The second kappa shape index (κ2) is 7.04. The number of nitrogens with one attached hydrogen (secondary N) is 1. The topological polar surface area (TPSA) is 58.6 Å². The average Bonchev–Trinajstić information content (AvgIpc) is 2.33. The van der Waals surface area contributed by atoms with Gasteiger partial charge in [0.15, 0.2) is 0 Å². The van der Waals surface area contributed by atoms with E-state index in [1.807, 2.05) is 31.2 Å². The highest BCUT2D eigenvalue weighted by Crippen LogP contribution is 2.13. The predicted octanol–water partition coefficient (Wildman–Crippen LogP) is 1.18. The first-order valence-electron chi connectivity index (χ1n) is 5.63. The Balaban J connectivity index is 2.39. The molecule has 4 heteroatoms. The number of aliphatic hydroxyl groups excluding tert-OH is 1. The molecule has 0 fully saturated rings. The van der Waals surface area contributed by atoms with Gasteiger partial charge in [0, 0.05) is 20.1 Å². The molecule has 1 unspecified atom stereocenters. The number of benzene rings is 1. The van der Waals surface area contributed by atoms with Gasteiger partial charge in [-0.05, 0) is 12.5 Å². The lowest BCUT2D eigenvalue weighted by molar-refractivity contribution is -0.122. The number of aryl methyl sites for hydroxylation is 1. The van der Waals surface area contributed by atoms with Crippen LogP contribution < -0.4 is 5.32 Å². The van der Waals surface area contributed by atoms with Crippen LogP contribution in [0, 0.1) is 6.92 Å². The first-order valence-corrected chi connectivity index (χ1v) is 5.63. The van der Waals surface area contributed by atoms with Crippen LogP contribution in [0.2, 0.25) is 0 Å². The van der Waals surface area contributed by atoms with Crippen LogP contribution in [0.4, 0.5) is 0 Å². The maximum absolute atomic E-state index is 11.3. The van der Waals surface area contributed by atoms with E-state index in [2.05, 4.69) is 5.32 Å². The Labute approximate surface area is 102 Å². The normalized spacial score (nSPS) is 12.2. The summed E-state index contributed by atoms with van der Waals surface area (Å²) in [5.41, 5.74) is 1.91. The zero-order valence-corrected chi connectivity index (χ0v) is 10.3. The molecule has 0 saturated carbocycles. The van der Waals surface area contributed by atoms with Crippen LogP contribution in [0.15, 0.2) is 24.3 Å². The minimum atomic E-state index is -0.665. The monoisotopic (exact) mass is 237 g/mol. The average molecular weight is 237 g/mol. The van der Waals surface area contributed by atoms with E-state index >= 15 is 0 Å². The Hall–Kier alpha value is -1.39. The zero-order chi connectivity index (χ0) is 12.7. The molecule has 0 saturated heterocycles. The van der Waals surface area contributed by atoms with Crippen molar-refractivity contribution in [3.8, 4) is 0 Å². The molecule has 0 spiro atoms. The number of ether oxygens (including phenoxy) is 1. The minimum absolute atomic E-state index is 0.112. The summed E-state index contributed by atoms with van der Waals surface area (Å²) in [5, 5.41) is 12.5. The molecule has 0 aliphatic heterocycles. The summed E-state index contributed by atoms with van der Waals surface area (Å²) in [6.07, 6.45) is -0.349. The Morgan fingerprint density at radius 2 is 2.29 bits per heavy atom. The van der Waals surface area contributed by atoms with Gasteiger partial charge >= 0.3 is 0 Å². The number of methoxy groups -OCH3 is 1. The summed E-state index contributed by atoms with van der Waals surface area (Å²) in [6.45, 7) is 2.59. The van der Waals surface area contributed by atoms with E-state index in [1.165, 1.54) is 0 Å². The van der Waals surface area contributed by atoms with Crippen LogP contribution >= 0.6 is 0 Å². The molecule has 0 bridgehead atoms. The largest absolute Gasteiger partial charge is 0.387 e. The van der Waals surface area contributed by atoms with Crippen molar-refractivity contribution >= 4 is 5.91 Å². The Kier molecular flexibility index (Phi) is 5.66. The van der Waals surface area contributed by atoms with E-state index in [1.54, 1.807) is 7.11 Å². The quantitative estimate of drug-likeness (QED) is 0.781. The fourth-order valence-electron chi connectivity index (χ4n) is 1.49. The van der Waals surface area contributed by atoms with Crippen LogP contribution in [0.1, 0.15) is 23.7 Å². The van der Waals surface area contributed by atoms with Crippen LogP contribution in [-0.2, 0) is 9.53 Å². The lowest BCUT2D eigenvalue weighted by Crippen LogP contribution is -2.29. The van der Waals surface area contributed by atoms with E-state index in [-0.39, 0.29) is 12.5 Å². The molecule has 1 aromatic carbocycles. The summed E-state index contributed by atoms with van der Waals surface area (Å²) >= 11 is 0. The molecular formula is C13H19NO3. The summed E-state index contributed by atoms with van der Waals surface area (Å²) in [4.78, 5) is 11.3. The molecular weight excluding hydrogens is 218 g/mol. The van der Waals surface area contributed by atoms with E-state index in [9.17, 15) is 9.90 Å². The van der Waals surface area contributed by atoms with Gasteiger partial charge in [0.25, 0.3) is 0 Å². The smallest absolute Gasteiger partial charge is 0.222 e. The van der Waals surface area contributed by atoms with Crippen molar-refractivity contribution in [1.29, 1.82) is 0 Å². The third-order valence-electron chi connectivity index (χ3n) is 2.45. The highest BCUT2D eigenvalue weighted by molar-refractivity contribution is 5.75. The number of amides is 1. The second-order valence-electron chi connectivity index (χ2n) is 3.98. The van der Waals surface area contributed by atoms with E-state index in [0.29, 0.717) is 13.0 Å². The first kappa shape index (κ1) is 13.7. The van der Waals surface area contributed by atoms with Crippen molar-refractivity contribution < 1.29 is 14.6 Å². The van der Waals surface area contributed by atoms with Gasteiger partial charge in [-0.25, -0.2) is 0 Å². The fraction of sp³-hybridized carbons (Fsp3) is 0.462. The van der Waals surface area contributed by atoms with Gasteiger partial charge in [-0.15, -0.1) is 0 Å². The molecule has 0 radical (unpaired) electrons. The number of carbonyl (C=O) groups excluding carboxylic acids is 1. The molecule has 1 amide bonds. The molecule has 1 aromatic rings. The van der Waals surface area contributed by atoms with E-state index in [0.717, 1.165) is 11.1 Å². The van der Waals surface area contributed by atoms with Crippen molar-refractivity contribution in [2.45, 2.75) is 19.4 Å². The molecule has 2 N–H and O–H groups in total. The van der Waals surface area contributed by atoms with Gasteiger partial charge in [0.05, 0.1) is 12.7 Å². The zero-order valence-electron chi connectivity index (χ0n) is 10.3. The van der Waals surface area contributed by atoms with E-state index in [4.69, 9.17) is 4.74 Å².